The molecule has 20 heavy (non-hydrogen) atoms. The predicted molar refractivity (Wildman–Crippen MR) is 71.0 cm³/mol. The van der Waals surface area contributed by atoms with Crippen molar-refractivity contribution in [2.24, 2.45) is 0 Å². The average molecular weight is 285 g/mol. The highest BCUT2D eigenvalue weighted by Gasteiger charge is 2.23. The quantitative estimate of drug-likeness (QED) is 0.453. The molecule has 0 aromatic heterocycles. The van der Waals surface area contributed by atoms with E-state index >= 15 is 0 Å². The van der Waals surface area contributed by atoms with Gasteiger partial charge in [-0.15, -0.1) is 0 Å². The molecule has 5 N–H and O–H groups in total. The molecule has 1 aliphatic heterocycles. The van der Waals surface area contributed by atoms with Crippen LogP contribution < -0.4 is 14.8 Å². The zero-order valence-electron chi connectivity index (χ0n) is 10.9. The minimum Gasteiger partial charge on any atom is -0.486 e. The van der Waals surface area contributed by atoms with Crippen molar-refractivity contribution in [3.8, 4) is 11.5 Å². The van der Waals surface area contributed by atoms with Gasteiger partial charge in [0.1, 0.15) is 25.4 Å². The van der Waals surface area contributed by atoms with Crippen LogP contribution in [0.25, 0.3) is 0 Å². The summed E-state index contributed by atoms with van der Waals surface area (Å²) in [6.45, 7) is 0.421. The Morgan fingerprint density at radius 2 is 1.75 bits per heavy atom. The molecule has 0 bridgehead atoms. The van der Waals surface area contributed by atoms with Crippen LogP contribution in [0.3, 0.4) is 0 Å². The van der Waals surface area contributed by atoms with Gasteiger partial charge in [0.25, 0.3) is 0 Å². The van der Waals surface area contributed by atoms with E-state index in [1.54, 1.807) is 18.2 Å². The summed E-state index contributed by atoms with van der Waals surface area (Å²) >= 11 is 0. The van der Waals surface area contributed by atoms with Crippen LogP contribution in [0.4, 0.5) is 5.69 Å². The van der Waals surface area contributed by atoms with Gasteiger partial charge in [-0.25, -0.2) is 0 Å². The Hall–Kier alpha value is -1.54. The summed E-state index contributed by atoms with van der Waals surface area (Å²) in [7, 11) is 0. The van der Waals surface area contributed by atoms with Crippen molar-refractivity contribution in [2.45, 2.75) is 18.3 Å². The molecule has 0 saturated carbocycles. The molecule has 0 aliphatic carbocycles. The normalized spacial score (nSPS) is 18.2. The highest BCUT2D eigenvalue weighted by molar-refractivity contribution is 5.55. The number of fused-ring (bicyclic) bond motifs is 1. The SMILES string of the molecule is OCC(O)C(O)C(O)CNc1ccc2c(c1)OCCO2. The molecule has 1 aliphatic rings. The lowest BCUT2D eigenvalue weighted by molar-refractivity contribution is -0.0715. The van der Waals surface area contributed by atoms with Gasteiger partial charge in [0.2, 0.25) is 0 Å². The number of hydrogen-bond acceptors (Lipinski definition) is 7. The molecular formula is C13H19NO6. The second kappa shape index (κ2) is 6.76. The smallest absolute Gasteiger partial charge is 0.163 e. The Kier molecular flexibility index (Phi) is 5.02. The van der Waals surface area contributed by atoms with E-state index in [0.717, 1.165) is 0 Å². The van der Waals surface area contributed by atoms with Crippen LogP contribution in [0.1, 0.15) is 0 Å². The fourth-order valence-corrected chi connectivity index (χ4v) is 1.86. The van der Waals surface area contributed by atoms with E-state index < -0.39 is 24.9 Å². The summed E-state index contributed by atoms with van der Waals surface area (Å²) < 4.78 is 10.8. The Balaban J connectivity index is 1.90. The van der Waals surface area contributed by atoms with Gasteiger partial charge in [0.15, 0.2) is 11.5 Å². The van der Waals surface area contributed by atoms with Crippen LogP contribution in [0.15, 0.2) is 18.2 Å². The van der Waals surface area contributed by atoms with Gasteiger partial charge in [0.05, 0.1) is 12.7 Å². The number of anilines is 1. The second-order valence-electron chi connectivity index (χ2n) is 4.55. The van der Waals surface area contributed by atoms with Crippen LogP contribution in [-0.4, -0.2) is 65.1 Å². The standard InChI is InChI=1S/C13H19NO6/c15-7-10(17)13(18)9(16)6-14-8-1-2-11-12(5-8)20-4-3-19-11/h1-2,5,9-10,13-18H,3-4,6-7H2. The molecular weight excluding hydrogens is 266 g/mol. The minimum atomic E-state index is -1.41. The van der Waals surface area contributed by atoms with Crippen LogP contribution in [0.2, 0.25) is 0 Å². The van der Waals surface area contributed by atoms with Crippen molar-refractivity contribution in [1.82, 2.24) is 0 Å². The van der Waals surface area contributed by atoms with E-state index in [9.17, 15) is 15.3 Å². The Morgan fingerprint density at radius 1 is 1.05 bits per heavy atom. The molecule has 3 unspecified atom stereocenters. The topological polar surface area (TPSA) is 111 Å². The third-order valence-electron chi connectivity index (χ3n) is 3.03. The van der Waals surface area contributed by atoms with Crippen molar-refractivity contribution in [2.75, 3.05) is 31.7 Å². The first kappa shape index (κ1) is 14.9. The zero-order valence-corrected chi connectivity index (χ0v) is 10.9. The fraction of sp³-hybridized carbons (Fsp3) is 0.538. The van der Waals surface area contributed by atoms with E-state index in [4.69, 9.17) is 14.6 Å². The third kappa shape index (κ3) is 3.51. The monoisotopic (exact) mass is 285 g/mol. The number of hydrogen-bond donors (Lipinski definition) is 5. The maximum Gasteiger partial charge on any atom is 0.163 e. The number of aliphatic hydroxyl groups excluding tert-OH is 4. The molecule has 0 radical (unpaired) electrons. The molecule has 0 spiro atoms. The number of aliphatic hydroxyl groups is 4. The van der Waals surface area contributed by atoms with E-state index in [1.807, 2.05) is 0 Å². The van der Waals surface area contributed by atoms with Crippen LogP contribution in [0.5, 0.6) is 11.5 Å². The lowest BCUT2D eigenvalue weighted by Gasteiger charge is -2.23. The molecule has 0 fully saturated rings. The number of nitrogens with one attached hydrogen (secondary N) is 1. The molecule has 0 amide bonds. The summed E-state index contributed by atoms with van der Waals surface area (Å²) in [6.07, 6.45) is -3.98. The van der Waals surface area contributed by atoms with E-state index in [-0.39, 0.29) is 6.54 Å². The number of ether oxygens (including phenoxy) is 2. The molecule has 3 atom stereocenters. The molecule has 7 heteroatoms. The summed E-state index contributed by atoms with van der Waals surface area (Å²) in [5.74, 6) is 1.28. The van der Waals surface area contributed by atoms with Gasteiger partial charge < -0.3 is 35.2 Å². The first-order chi connectivity index (χ1) is 9.61. The largest absolute Gasteiger partial charge is 0.486 e. The van der Waals surface area contributed by atoms with Crippen molar-refractivity contribution >= 4 is 5.69 Å². The van der Waals surface area contributed by atoms with E-state index in [0.29, 0.717) is 30.4 Å². The number of rotatable bonds is 6. The Bertz CT molecular complexity index is 441. The van der Waals surface area contributed by atoms with Gasteiger partial charge in [-0.2, -0.15) is 0 Å². The highest BCUT2D eigenvalue weighted by atomic mass is 16.6. The van der Waals surface area contributed by atoms with Gasteiger partial charge >= 0.3 is 0 Å². The average Bonchev–Trinajstić information content (AvgIpc) is 2.50. The predicted octanol–water partition coefficient (Wildman–Crippen LogP) is -1.06. The van der Waals surface area contributed by atoms with Gasteiger partial charge in [-0.1, -0.05) is 0 Å². The summed E-state index contributed by atoms with van der Waals surface area (Å²) in [6, 6.07) is 5.24. The lowest BCUT2D eigenvalue weighted by Crippen LogP contribution is -2.42. The van der Waals surface area contributed by atoms with Crippen molar-refractivity contribution in [3.63, 3.8) is 0 Å². The third-order valence-corrected chi connectivity index (χ3v) is 3.03. The number of benzene rings is 1. The highest BCUT2D eigenvalue weighted by Crippen LogP contribution is 2.32. The van der Waals surface area contributed by atoms with Crippen molar-refractivity contribution in [3.05, 3.63) is 18.2 Å². The zero-order chi connectivity index (χ0) is 14.5. The summed E-state index contributed by atoms with van der Waals surface area (Å²) in [4.78, 5) is 0. The molecule has 2 rings (SSSR count). The van der Waals surface area contributed by atoms with Crippen molar-refractivity contribution < 1.29 is 29.9 Å². The Morgan fingerprint density at radius 3 is 2.45 bits per heavy atom. The van der Waals surface area contributed by atoms with Gasteiger partial charge in [-0.05, 0) is 12.1 Å². The van der Waals surface area contributed by atoms with Crippen molar-refractivity contribution in [1.29, 1.82) is 0 Å². The maximum atomic E-state index is 9.68. The Labute approximate surface area is 116 Å². The van der Waals surface area contributed by atoms with E-state index in [1.165, 1.54) is 0 Å². The van der Waals surface area contributed by atoms with Crippen LogP contribution >= 0.6 is 0 Å². The fourth-order valence-electron chi connectivity index (χ4n) is 1.86. The van der Waals surface area contributed by atoms with Crippen LogP contribution in [-0.2, 0) is 0 Å². The summed E-state index contributed by atoms with van der Waals surface area (Å²) in [5, 5.41) is 40.0. The lowest BCUT2D eigenvalue weighted by atomic mass is 10.1. The first-order valence-electron chi connectivity index (χ1n) is 6.40. The van der Waals surface area contributed by atoms with Gasteiger partial charge in [0, 0.05) is 18.3 Å². The molecule has 1 aromatic carbocycles. The first-order valence-corrected chi connectivity index (χ1v) is 6.40. The van der Waals surface area contributed by atoms with Crippen LogP contribution in [0, 0.1) is 0 Å². The molecule has 112 valence electrons. The summed E-state index contributed by atoms with van der Waals surface area (Å²) in [5.41, 5.74) is 0.694. The minimum absolute atomic E-state index is 0.0257. The second-order valence-corrected chi connectivity index (χ2v) is 4.55. The molecule has 1 heterocycles. The molecule has 7 nitrogen and oxygen atoms in total. The molecule has 1 aromatic rings. The van der Waals surface area contributed by atoms with E-state index in [2.05, 4.69) is 5.32 Å². The molecule has 0 saturated heterocycles. The maximum absolute atomic E-state index is 9.68. The van der Waals surface area contributed by atoms with Gasteiger partial charge in [-0.3, -0.25) is 0 Å².